The lowest BCUT2D eigenvalue weighted by Crippen LogP contribution is -2.19. The van der Waals surface area contributed by atoms with E-state index in [1.807, 2.05) is 5.32 Å². The number of anilines is 1. The molecule has 21 heavy (non-hydrogen) atoms. The van der Waals surface area contributed by atoms with Gasteiger partial charge in [0.25, 0.3) is 0 Å². The highest BCUT2D eigenvalue weighted by atomic mass is 19.4. The van der Waals surface area contributed by atoms with E-state index in [0.717, 1.165) is 0 Å². The van der Waals surface area contributed by atoms with Crippen LogP contribution in [0.4, 0.5) is 32.0 Å². The van der Waals surface area contributed by atoms with Crippen molar-refractivity contribution in [2.24, 2.45) is 0 Å². The van der Waals surface area contributed by atoms with Gasteiger partial charge in [-0.25, -0.2) is 0 Å². The second-order valence-electron chi connectivity index (χ2n) is 3.98. The van der Waals surface area contributed by atoms with Gasteiger partial charge in [0, 0.05) is 12.3 Å². The van der Waals surface area contributed by atoms with Crippen molar-refractivity contribution in [2.45, 2.75) is 19.3 Å². The molecule has 0 saturated heterocycles. The fraction of sp³-hybridized carbons (Fsp3) is 0.417. The van der Waals surface area contributed by atoms with Gasteiger partial charge in [0.2, 0.25) is 5.91 Å². The van der Waals surface area contributed by atoms with E-state index in [1.165, 1.54) is 0 Å². The number of carbonyl (C=O) groups is 1. The molecule has 0 fully saturated rings. The van der Waals surface area contributed by atoms with Crippen molar-refractivity contribution in [1.29, 1.82) is 0 Å². The largest absolute Gasteiger partial charge is 0.416 e. The van der Waals surface area contributed by atoms with E-state index in [0.29, 0.717) is 12.1 Å². The Kier molecular flexibility index (Phi) is 5.21. The molecule has 118 valence electrons. The van der Waals surface area contributed by atoms with E-state index in [9.17, 15) is 31.1 Å². The number of rotatable bonds is 4. The first-order valence-corrected chi connectivity index (χ1v) is 5.71. The highest BCUT2D eigenvalue weighted by Crippen LogP contribution is 2.37. The minimum absolute atomic E-state index is 0.0157. The van der Waals surface area contributed by atoms with Crippen LogP contribution < -0.4 is 5.32 Å². The lowest BCUT2D eigenvalue weighted by Gasteiger charge is -2.14. The van der Waals surface area contributed by atoms with Gasteiger partial charge in [-0.1, -0.05) is 0 Å². The van der Waals surface area contributed by atoms with E-state index >= 15 is 0 Å². The van der Waals surface area contributed by atoms with Crippen LogP contribution in [0.2, 0.25) is 0 Å². The zero-order valence-corrected chi connectivity index (χ0v) is 10.7. The number of alkyl halides is 6. The van der Waals surface area contributed by atoms with Crippen LogP contribution in [0, 0.1) is 0 Å². The lowest BCUT2D eigenvalue weighted by atomic mass is 10.1. The second kappa shape index (κ2) is 6.33. The third kappa shape index (κ3) is 5.25. The van der Waals surface area contributed by atoms with Gasteiger partial charge in [0.1, 0.15) is 6.61 Å². The van der Waals surface area contributed by atoms with Crippen molar-refractivity contribution >= 4 is 11.6 Å². The Morgan fingerprint density at radius 1 is 1.05 bits per heavy atom. The van der Waals surface area contributed by atoms with E-state index in [4.69, 9.17) is 4.74 Å². The highest BCUT2D eigenvalue weighted by Gasteiger charge is 2.37. The van der Waals surface area contributed by atoms with Crippen LogP contribution in [0.3, 0.4) is 0 Å². The van der Waals surface area contributed by atoms with E-state index < -0.39 is 41.7 Å². The van der Waals surface area contributed by atoms with Gasteiger partial charge in [0.15, 0.2) is 0 Å². The molecule has 0 unspecified atom stereocenters. The Hall–Kier alpha value is -1.77. The molecule has 0 spiro atoms. The molecule has 1 aromatic carbocycles. The number of amides is 1. The van der Waals surface area contributed by atoms with Crippen LogP contribution in [0.25, 0.3) is 0 Å². The van der Waals surface area contributed by atoms with Gasteiger partial charge in [-0.2, -0.15) is 26.3 Å². The van der Waals surface area contributed by atoms with Crippen molar-refractivity contribution in [1.82, 2.24) is 0 Å². The Morgan fingerprint density at radius 2 is 1.52 bits per heavy atom. The van der Waals surface area contributed by atoms with E-state index in [-0.39, 0.29) is 12.7 Å². The first-order valence-electron chi connectivity index (χ1n) is 5.71. The number of ether oxygens (including phenoxy) is 1. The maximum absolute atomic E-state index is 12.6. The summed E-state index contributed by atoms with van der Waals surface area (Å²) in [6, 6.07) is 0.844. The summed E-state index contributed by atoms with van der Waals surface area (Å²) in [5.41, 5.74) is -3.59. The molecule has 1 amide bonds. The first kappa shape index (κ1) is 17.3. The van der Waals surface area contributed by atoms with Crippen LogP contribution in [-0.2, 0) is 21.9 Å². The minimum atomic E-state index is -4.96. The first-order chi connectivity index (χ1) is 9.54. The van der Waals surface area contributed by atoms with E-state index in [1.54, 1.807) is 6.92 Å². The smallest absolute Gasteiger partial charge is 0.372 e. The number of halogens is 6. The average Bonchev–Trinajstić information content (AvgIpc) is 2.34. The molecule has 0 heterocycles. The molecule has 0 aromatic heterocycles. The Labute approximate surface area is 115 Å². The fourth-order valence-electron chi connectivity index (χ4n) is 1.42. The summed E-state index contributed by atoms with van der Waals surface area (Å²) < 4.78 is 80.1. The normalized spacial score (nSPS) is 12.3. The predicted molar refractivity (Wildman–Crippen MR) is 61.6 cm³/mol. The summed E-state index contributed by atoms with van der Waals surface area (Å²) in [6.45, 7) is 1.30. The quantitative estimate of drug-likeness (QED) is 0.861. The maximum Gasteiger partial charge on any atom is 0.416 e. The number of hydrogen-bond acceptors (Lipinski definition) is 2. The van der Waals surface area contributed by atoms with Crippen molar-refractivity contribution in [3.8, 4) is 0 Å². The molecule has 1 N–H and O–H groups in total. The summed E-state index contributed by atoms with van der Waals surface area (Å²) in [4.78, 5) is 11.3. The molecule has 0 aliphatic carbocycles. The molecule has 1 rings (SSSR count). The Balaban J connectivity index is 3.11. The summed E-state index contributed by atoms with van der Waals surface area (Å²) >= 11 is 0. The molecule has 0 aliphatic heterocycles. The fourth-order valence-corrected chi connectivity index (χ4v) is 1.42. The maximum atomic E-state index is 12.6. The molecule has 1 aromatic rings. The van der Waals surface area contributed by atoms with Crippen LogP contribution in [-0.4, -0.2) is 19.1 Å². The molecular weight excluding hydrogens is 304 g/mol. The highest BCUT2D eigenvalue weighted by molar-refractivity contribution is 5.91. The SMILES string of the molecule is CCOCC(=O)Nc1cc(C(F)(F)F)cc(C(F)(F)F)c1. The van der Waals surface area contributed by atoms with Gasteiger partial charge in [0.05, 0.1) is 11.1 Å². The number of benzene rings is 1. The number of nitrogens with one attached hydrogen (secondary N) is 1. The lowest BCUT2D eigenvalue weighted by molar-refractivity contribution is -0.143. The molecule has 0 aliphatic rings. The van der Waals surface area contributed by atoms with Crippen LogP contribution >= 0.6 is 0 Å². The Morgan fingerprint density at radius 3 is 1.90 bits per heavy atom. The molecule has 3 nitrogen and oxygen atoms in total. The topological polar surface area (TPSA) is 38.3 Å². The predicted octanol–water partition coefficient (Wildman–Crippen LogP) is 3.70. The standard InChI is InChI=1S/C12H11F6NO2/c1-2-21-6-10(20)19-9-4-7(11(13,14)15)3-8(5-9)12(16,17)18/h3-5H,2,6H2,1H3,(H,19,20). The van der Waals surface area contributed by atoms with Crippen LogP contribution in [0.5, 0.6) is 0 Å². The number of carbonyl (C=O) groups excluding carboxylic acids is 1. The van der Waals surface area contributed by atoms with Gasteiger partial charge in [-0.15, -0.1) is 0 Å². The third-order valence-electron chi connectivity index (χ3n) is 2.31. The molecule has 0 saturated carbocycles. The monoisotopic (exact) mass is 315 g/mol. The van der Waals surface area contributed by atoms with Crippen molar-refractivity contribution in [3.63, 3.8) is 0 Å². The third-order valence-corrected chi connectivity index (χ3v) is 2.31. The van der Waals surface area contributed by atoms with Gasteiger partial charge in [-0.3, -0.25) is 4.79 Å². The number of hydrogen-bond donors (Lipinski definition) is 1. The second-order valence-corrected chi connectivity index (χ2v) is 3.98. The molecule has 9 heteroatoms. The summed E-state index contributed by atoms with van der Waals surface area (Å²) in [7, 11) is 0. The molecular formula is C12H11F6NO2. The summed E-state index contributed by atoms with van der Waals surface area (Å²) in [5.74, 6) is -0.843. The summed E-state index contributed by atoms with van der Waals surface area (Å²) in [5, 5.41) is 1.94. The zero-order chi connectivity index (χ0) is 16.3. The van der Waals surface area contributed by atoms with Gasteiger partial charge in [-0.05, 0) is 25.1 Å². The van der Waals surface area contributed by atoms with Crippen LogP contribution in [0.15, 0.2) is 18.2 Å². The van der Waals surface area contributed by atoms with Gasteiger partial charge < -0.3 is 10.1 Å². The van der Waals surface area contributed by atoms with E-state index in [2.05, 4.69) is 0 Å². The molecule has 0 atom stereocenters. The van der Waals surface area contributed by atoms with Gasteiger partial charge >= 0.3 is 12.4 Å². The Bertz CT molecular complexity index is 477. The summed E-state index contributed by atoms with van der Waals surface area (Å²) in [6.07, 6.45) is -9.92. The average molecular weight is 315 g/mol. The molecule has 0 bridgehead atoms. The molecule has 0 radical (unpaired) electrons. The zero-order valence-electron chi connectivity index (χ0n) is 10.7. The van der Waals surface area contributed by atoms with Crippen molar-refractivity contribution < 1.29 is 35.9 Å². The van der Waals surface area contributed by atoms with Crippen LogP contribution in [0.1, 0.15) is 18.1 Å². The van der Waals surface area contributed by atoms with Crippen molar-refractivity contribution in [3.05, 3.63) is 29.3 Å². The minimum Gasteiger partial charge on any atom is -0.372 e. The van der Waals surface area contributed by atoms with Crippen molar-refractivity contribution in [2.75, 3.05) is 18.5 Å².